The lowest BCUT2D eigenvalue weighted by Gasteiger charge is -2.60. The second-order valence-electron chi connectivity index (χ2n) is 7.73. The average Bonchev–Trinajstić information content (AvgIpc) is 2.57. The molecular formula is C17H26O2Si. The van der Waals surface area contributed by atoms with Gasteiger partial charge in [0.05, 0.1) is 6.61 Å². The molecule has 0 amide bonds. The predicted octanol–water partition coefficient (Wildman–Crippen LogP) is 3.09. The summed E-state index contributed by atoms with van der Waals surface area (Å²) in [7, 11) is -1.98. The van der Waals surface area contributed by atoms with Gasteiger partial charge in [0.15, 0.2) is 8.32 Å². The Kier molecular flexibility index (Phi) is 3.16. The van der Waals surface area contributed by atoms with Crippen molar-refractivity contribution in [2.24, 2.45) is 11.3 Å². The van der Waals surface area contributed by atoms with E-state index in [1.807, 2.05) is 13.1 Å². The first-order valence-electron chi connectivity index (χ1n) is 7.74. The van der Waals surface area contributed by atoms with Crippen LogP contribution >= 0.6 is 0 Å². The van der Waals surface area contributed by atoms with E-state index < -0.39 is 8.32 Å². The first-order valence-corrected chi connectivity index (χ1v) is 10.9. The van der Waals surface area contributed by atoms with Crippen LogP contribution in [0.25, 0.3) is 0 Å². The molecule has 1 aromatic rings. The number of benzene rings is 1. The molecule has 3 rings (SSSR count). The number of aliphatic hydroxyl groups is 1. The molecule has 0 unspecified atom stereocenters. The molecule has 2 aliphatic rings. The van der Waals surface area contributed by atoms with E-state index in [1.165, 1.54) is 11.1 Å². The smallest absolute Gasteiger partial charge is 0.182 e. The Labute approximate surface area is 123 Å². The largest absolute Gasteiger partial charge is 0.432 e. The molecule has 110 valence electrons. The van der Waals surface area contributed by atoms with Gasteiger partial charge in [0.25, 0.3) is 0 Å². The van der Waals surface area contributed by atoms with Gasteiger partial charge in [-0.25, -0.2) is 0 Å². The molecule has 0 saturated heterocycles. The third-order valence-electron chi connectivity index (χ3n) is 6.04. The molecule has 0 aliphatic heterocycles. The van der Waals surface area contributed by atoms with Gasteiger partial charge < -0.3 is 9.90 Å². The third-order valence-corrected chi connectivity index (χ3v) is 7.55. The number of hydrogen-bond donors (Lipinski definition) is 2. The monoisotopic (exact) mass is 290 g/mol. The molecule has 0 radical (unpaired) electrons. The van der Waals surface area contributed by atoms with Gasteiger partial charge in [0, 0.05) is 10.8 Å². The van der Waals surface area contributed by atoms with Crippen LogP contribution in [0.4, 0.5) is 0 Å². The van der Waals surface area contributed by atoms with Crippen LogP contribution in [0.5, 0.6) is 0 Å². The Morgan fingerprint density at radius 1 is 1.30 bits per heavy atom. The summed E-state index contributed by atoms with van der Waals surface area (Å²) in [4.78, 5) is 10.1. The lowest BCUT2D eigenvalue weighted by atomic mass is 9.44. The molecule has 0 heterocycles. The molecule has 3 atom stereocenters. The molecule has 0 aromatic heterocycles. The van der Waals surface area contributed by atoms with Gasteiger partial charge in [-0.05, 0) is 49.0 Å². The topological polar surface area (TPSA) is 40.5 Å². The number of rotatable bonds is 4. The highest BCUT2D eigenvalue weighted by Crippen LogP contribution is 2.68. The van der Waals surface area contributed by atoms with Crippen molar-refractivity contribution in [2.75, 3.05) is 6.61 Å². The van der Waals surface area contributed by atoms with Crippen molar-refractivity contribution in [1.82, 2.24) is 0 Å². The molecule has 3 heteroatoms. The summed E-state index contributed by atoms with van der Waals surface area (Å²) in [6, 6.07) is 9.64. The van der Waals surface area contributed by atoms with E-state index in [0.717, 1.165) is 25.3 Å². The molecule has 2 N–H and O–H groups in total. The molecule has 2 nitrogen and oxygen atoms in total. The first kappa shape index (κ1) is 14.3. The summed E-state index contributed by atoms with van der Waals surface area (Å²) in [5, 5.41) is 10.1. The lowest BCUT2D eigenvalue weighted by molar-refractivity contribution is -0.100. The molecule has 1 fully saturated rings. The van der Waals surface area contributed by atoms with E-state index in [0.29, 0.717) is 5.92 Å². The van der Waals surface area contributed by atoms with Crippen molar-refractivity contribution in [2.45, 2.75) is 50.7 Å². The van der Waals surface area contributed by atoms with Gasteiger partial charge in [-0.15, -0.1) is 0 Å². The fraction of sp³-hybridized carbons (Fsp3) is 0.647. The second-order valence-corrected chi connectivity index (χ2v) is 11.9. The summed E-state index contributed by atoms with van der Waals surface area (Å²) in [6.45, 7) is 6.63. The Balaban J connectivity index is 1.85. The Bertz CT molecular complexity index is 522. The summed E-state index contributed by atoms with van der Waals surface area (Å²) in [6.07, 6.45) is 3.24. The van der Waals surface area contributed by atoms with Crippen LogP contribution in [0.15, 0.2) is 24.3 Å². The van der Waals surface area contributed by atoms with Crippen LogP contribution in [0.2, 0.25) is 19.1 Å². The van der Waals surface area contributed by atoms with E-state index in [9.17, 15) is 9.90 Å². The fourth-order valence-corrected chi connectivity index (χ4v) is 5.80. The van der Waals surface area contributed by atoms with E-state index >= 15 is 0 Å². The minimum atomic E-state index is -1.98. The quantitative estimate of drug-likeness (QED) is 0.837. The maximum absolute atomic E-state index is 10.1. The Morgan fingerprint density at radius 2 is 2.00 bits per heavy atom. The van der Waals surface area contributed by atoms with Gasteiger partial charge in [-0.1, -0.05) is 37.6 Å². The maximum Gasteiger partial charge on any atom is 0.182 e. The van der Waals surface area contributed by atoms with Crippen LogP contribution in [0.1, 0.15) is 30.9 Å². The van der Waals surface area contributed by atoms with Gasteiger partial charge in [0.2, 0.25) is 0 Å². The highest BCUT2D eigenvalue weighted by atomic mass is 28.4. The van der Waals surface area contributed by atoms with E-state index in [2.05, 4.69) is 31.2 Å². The fourth-order valence-electron chi connectivity index (χ4n) is 4.75. The Morgan fingerprint density at radius 3 is 2.65 bits per heavy atom. The van der Waals surface area contributed by atoms with Crippen molar-refractivity contribution < 1.29 is 9.90 Å². The standard InChI is InChI=1S/C17H26O2Si/c1-16-11-14(8-9-20(2,3)19)17(16,12-18)10-13-6-4-5-7-15(13)16/h4-7,14,18-19H,8-12H2,1-3H3/t14-,16+,17-/m0/s1. The van der Waals surface area contributed by atoms with Crippen LogP contribution in [-0.2, 0) is 11.8 Å². The van der Waals surface area contributed by atoms with E-state index in [4.69, 9.17) is 0 Å². The van der Waals surface area contributed by atoms with Crippen molar-refractivity contribution >= 4 is 8.32 Å². The van der Waals surface area contributed by atoms with Crippen molar-refractivity contribution in [3.05, 3.63) is 35.4 Å². The number of aliphatic hydroxyl groups excluding tert-OH is 1. The molecule has 2 aliphatic carbocycles. The van der Waals surface area contributed by atoms with Crippen LogP contribution in [0, 0.1) is 11.3 Å². The zero-order chi connectivity index (χ0) is 14.6. The molecule has 1 saturated carbocycles. The summed E-state index contributed by atoms with van der Waals surface area (Å²) in [5.41, 5.74) is 3.04. The highest BCUT2D eigenvalue weighted by molar-refractivity contribution is 6.69. The maximum atomic E-state index is 10.1. The molecular weight excluding hydrogens is 264 g/mol. The summed E-state index contributed by atoms with van der Waals surface area (Å²) in [5.74, 6) is 0.559. The first-order chi connectivity index (χ1) is 9.32. The van der Waals surface area contributed by atoms with Gasteiger partial charge in [0.1, 0.15) is 0 Å². The van der Waals surface area contributed by atoms with Gasteiger partial charge >= 0.3 is 0 Å². The van der Waals surface area contributed by atoms with Gasteiger partial charge in [-0.2, -0.15) is 0 Å². The summed E-state index contributed by atoms with van der Waals surface area (Å²) < 4.78 is 0. The van der Waals surface area contributed by atoms with Gasteiger partial charge in [-0.3, -0.25) is 0 Å². The zero-order valence-electron chi connectivity index (χ0n) is 12.8. The Hall–Kier alpha value is -0.643. The summed E-state index contributed by atoms with van der Waals surface area (Å²) >= 11 is 0. The van der Waals surface area contributed by atoms with E-state index in [-0.39, 0.29) is 17.4 Å². The minimum Gasteiger partial charge on any atom is -0.432 e. The predicted molar refractivity (Wildman–Crippen MR) is 84.2 cm³/mol. The second kappa shape index (κ2) is 4.42. The van der Waals surface area contributed by atoms with Crippen LogP contribution < -0.4 is 0 Å². The molecule has 0 bridgehead atoms. The van der Waals surface area contributed by atoms with Crippen molar-refractivity contribution in [3.8, 4) is 0 Å². The molecule has 0 spiro atoms. The number of hydrogen-bond acceptors (Lipinski definition) is 2. The SMILES string of the molecule is C[C@]12C[C@H](CC[Si](C)(C)O)[C@@]1(CO)Cc1ccccc12. The van der Waals surface area contributed by atoms with Crippen LogP contribution in [-0.4, -0.2) is 24.8 Å². The molecule has 20 heavy (non-hydrogen) atoms. The van der Waals surface area contributed by atoms with Crippen LogP contribution in [0.3, 0.4) is 0 Å². The van der Waals surface area contributed by atoms with Crippen molar-refractivity contribution in [1.29, 1.82) is 0 Å². The third kappa shape index (κ3) is 1.83. The minimum absolute atomic E-state index is 0.0241. The van der Waals surface area contributed by atoms with Crippen molar-refractivity contribution in [3.63, 3.8) is 0 Å². The number of fused-ring (bicyclic) bond motifs is 3. The average molecular weight is 290 g/mol. The normalized spacial score (nSPS) is 35.4. The lowest BCUT2D eigenvalue weighted by Crippen LogP contribution is -2.59. The molecule has 1 aromatic carbocycles. The highest BCUT2D eigenvalue weighted by Gasteiger charge is 2.66. The van der Waals surface area contributed by atoms with E-state index in [1.54, 1.807) is 0 Å². The zero-order valence-corrected chi connectivity index (χ0v) is 13.8.